The maximum atomic E-state index is 11.8. The highest BCUT2D eigenvalue weighted by atomic mass is 16.1. The molecule has 0 unspecified atom stereocenters. The molecule has 1 nitrogen and oxygen atoms in total. The van der Waals surface area contributed by atoms with Gasteiger partial charge in [0.05, 0.1) is 0 Å². The van der Waals surface area contributed by atoms with Crippen molar-refractivity contribution < 1.29 is 4.79 Å². The van der Waals surface area contributed by atoms with E-state index in [0.29, 0.717) is 5.56 Å². The molecule has 2 rings (SSSR count). The van der Waals surface area contributed by atoms with Crippen molar-refractivity contribution in [2.45, 2.75) is 6.92 Å². The Balaban J connectivity index is 2.24. The van der Waals surface area contributed by atoms with Gasteiger partial charge in [-0.05, 0) is 24.5 Å². The molecule has 0 saturated heterocycles. The first-order chi connectivity index (χ1) is 8.27. The van der Waals surface area contributed by atoms with Crippen LogP contribution in [0.15, 0.2) is 54.6 Å². The average molecular weight is 220 g/mol. The predicted molar refractivity (Wildman–Crippen MR) is 68.8 cm³/mol. The van der Waals surface area contributed by atoms with Crippen LogP contribution in [0.1, 0.15) is 21.5 Å². The van der Waals surface area contributed by atoms with E-state index in [-0.39, 0.29) is 5.78 Å². The number of hydrogen-bond acceptors (Lipinski definition) is 1. The maximum absolute atomic E-state index is 11.8. The van der Waals surface area contributed by atoms with Crippen molar-refractivity contribution in [1.29, 1.82) is 0 Å². The predicted octanol–water partition coefficient (Wildman–Crippen LogP) is 3.23. The van der Waals surface area contributed by atoms with Crippen LogP contribution in [-0.2, 0) is 0 Å². The highest BCUT2D eigenvalue weighted by Gasteiger charge is 1.99. The van der Waals surface area contributed by atoms with Crippen LogP contribution in [0.3, 0.4) is 0 Å². The molecular formula is C16H12O. The Morgan fingerprint density at radius 3 is 2.29 bits per heavy atom. The van der Waals surface area contributed by atoms with Crippen LogP contribution in [-0.4, -0.2) is 5.78 Å². The van der Waals surface area contributed by atoms with Crippen molar-refractivity contribution in [3.05, 3.63) is 71.3 Å². The van der Waals surface area contributed by atoms with Crippen molar-refractivity contribution in [2.75, 3.05) is 0 Å². The minimum Gasteiger partial charge on any atom is -0.279 e. The maximum Gasteiger partial charge on any atom is 0.236 e. The summed E-state index contributed by atoms with van der Waals surface area (Å²) in [6.07, 6.45) is 0. The quantitative estimate of drug-likeness (QED) is 0.532. The topological polar surface area (TPSA) is 17.1 Å². The summed E-state index contributed by atoms with van der Waals surface area (Å²) in [6, 6.07) is 16.9. The minimum absolute atomic E-state index is 0.145. The molecule has 17 heavy (non-hydrogen) atoms. The zero-order valence-corrected chi connectivity index (χ0v) is 9.60. The van der Waals surface area contributed by atoms with Gasteiger partial charge in [-0.1, -0.05) is 54.5 Å². The van der Waals surface area contributed by atoms with Crippen molar-refractivity contribution in [1.82, 2.24) is 0 Å². The largest absolute Gasteiger partial charge is 0.279 e. The average Bonchev–Trinajstić information content (AvgIpc) is 2.38. The number of ketones is 1. The summed E-state index contributed by atoms with van der Waals surface area (Å²) in [7, 11) is 0. The number of rotatable bonds is 1. The van der Waals surface area contributed by atoms with Crippen LogP contribution in [0.4, 0.5) is 0 Å². The molecule has 0 fully saturated rings. The number of hydrogen-bond donors (Lipinski definition) is 0. The summed E-state index contributed by atoms with van der Waals surface area (Å²) in [5, 5.41) is 0. The fourth-order valence-corrected chi connectivity index (χ4v) is 1.50. The lowest BCUT2D eigenvalue weighted by Crippen LogP contribution is -1.94. The van der Waals surface area contributed by atoms with Crippen molar-refractivity contribution in [2.24, 2.45) is 0 Å². The second-order valence-electron chi connectivity index (χ2n) is 3.76. The van der Waals surface area contributed by atoms with Crippen LogP contribution >= 0.6 is 0 Å². The van der Waals surface area contributed by atoms with Crippen molar-refractivity contribution in [3.8, 4) is 11.8 Å². The molecule has 0 amide bonds. The van der Waals surface area contributed by atoms with E-state index < -0.39 is 0 Å². The second-order valence-corrected chi connectivity index (χ2v) is 3.76. The molecule has 82 valence electrons. The van der Waals surface area contributed by atoms with E-state index in [1.165, 1.54) is 0 Å². The van der Waals surface area contributed by atoms with Crippen LogP contribution in [0, 0.1) is 18.8 Å². The molecular weight excluding hydrogens is 208 g/mol. The Morgan fingerprint density at radius 2 is 1.59 bits per heavy atom. The fourth-order valence-electron chi connectivity index (χ4n) is 1.50. The van der Waals surface area contributed by atoms with Crippen LogP contribution < -0.4 is 0 Å². The molecule has 0 N–H and O–H groups in total. The van der Waals surface area contributed by atoms with Crippen molar-refractivity contribution in [3.63, 3.8) is 0 Å². The van der Waals surface area contributed by atoms with Gasteiger partial charge in [-0.2, -0.15) is 0 Å². The molecule has 0 saturated carbocycles. The first kappa shape index (κ1) is 11.2. The molecule has 0 aliphatic heterocycles. The molecule has 0 aromatic heterocycles. The number of benzene rings is 2. The third-order valence-electron chi connectivity index (χ3n) is 2.49. The van der Waals surface area contributed by atoms with E-state index in [1.54, 1.807) is 12.1 Å². The Hall–Kier alpha value is -2.33. The Morgan fingerprint density at radius 1 is 0.941 bits per heavy atom. The SMILES string of the molecule is Cc1ccccc1C#CC(=O)c1ccccc1. The Bertz CT molecular complexity index is 586. The van der Waals surface area contributed by atoms with Gasteiger partial charge < -0.3 is 0 Å². The first-order valence-corrected chi connectivity index (χ1v) is 5.44. The number of carbonyl (C=O) groups excluding carboxylic acids is 1. The molecule has 0 aliphatic rings. The lowest BCUT2D eigenvalue weighted by molar-refractivity contribution is 0.105. The molecule has 2 aromatic rings. The zero-order chi connectivity index (χ0) is 12.1. The fraction of sp³-hybridized carbons (Fsp3) is 0.0625. The molecule has 0 aliphatic carbocycles. The number of aryl methyl sites for hydroxylation is 1. The third kappa shape index (κ3) is 2.83. The number of carbonyl (C=O) groups is 1. The minimum atomic E-state index is -0.145. The molecule has 0 radical (unpaired) electrons. The molecule has 2 aromatic carbocycles. The molecule has 0 bridgehead atoms. The van der Waals surface area contributed by atoms with Crippen LogP contribution in [0.2, 0.25) is 0 Å². The van der Waals surface area contributed by atoms with Gasteiger partial charge >= 0.3 is 0 Å². The highest BCUT2D eigenvalue weighted by Crippen LogP contribution is 2.05. The molecule has 0 atom stereocenters. The van der Waals surface area contributed by atoms with E-state index >= 15 is 0 Å². The standard InChI is InChI=1S/C16H12O/c1-13-7-5-6-8-14(13)11-12-16(17)15-9-3-2-4-10-15/h2-10H,1H3. The third-order valence-corrected chi connectivity index (χ3v) is 2.49. The number of Topliss-reactive ketones (excluding diaryl/α,β-unsaturated/α-hetero) is 1. The van der Waals surface area contributed by atoms with E-state index in [9.17, 15) is 4.79 Å². The highest BCUT2D eigenvalue weighted by molar-refractivity contribution is 6.09. The first-order valence-electron chi connectivity index (χ1n) is 5.44. The van der Waals surface area contributed by atoms with Crippen LogP contribution in [0.5, 0.6) is 0 Å². The van der Waals surface area contributed by atoms with Gasteiger partial charge in [0.25, 0.3) is 0 Å². The normalized spacial score (nSPS) is 9.24. The summed E-state index contributed by atoms with van der Waals surface area (Å²) in [4.78, 5) is 11.8. The lowest BCUT2D eigenvalue weighted by atomic mass is 10.1. The van der Waals surface area contributed by atoms with E-state index in [0.717, 1.165) is 11.1 Å². The van der Waals surface area contributed by atoms with Gasteiger partial charge in [0.15, 0.2) is 0 Å². The van der Waals surface area contributed by atoms with E-state index in [2.05, 4.69) is 11.8 Å². The van der Waals surface area contributed by atoms with E-state index in [4.69, 9.17) is 0 Å². The monoisotopic (exact) mass is 220 g/mol. The van der Waals surface area contributed by atoms with Gasteiger partial charge in [0, 0.05) is 11.1 Å². The van der Waals surface area contributed by atoms with Gasteiger partial charge in [-0.25, -0.2) is 0 Å². The second kappa shape index (κ2) is 5.14. The summed E-state index contributed by atoms with van der Waals surface area (Å²) in [6.45, 7) is 1.98. The van der Waals surface area contributed by atoms with Gasteiger partial charge in [0.1, 0.15) is 0 Å². The summed E-state index contributed by atoms with van der Waals surface area (Å²) in [5.41, 5.74) is 2.62. The van der Waals surface area contributed by atoms with Crippen LogP contribution in [0.25, 0.3) is 0 Å². The van der Waals surface area contributed by atoms with E-state index in [1.807, 2.05) is 49.4 Å². The molecule has 0 heterocycles. The Labute approximate surface area is 101 Å². The molecule has 1 heteroatoms. The smallest absolute Gasteiger partial charge is 0.236 e. The van der Waals surface area contributed by atoms with Gasteiger partial charge in [-0.15, -0.1) is 0 Å². The van der Waals surface area contributed by atoms with Crippen molar-refractivity contribution >= 4 is 5.78 Å². The summed E-state index contributed by atoms with van der Waals surface area (Å²) in [5.74, 6) is 5.43. The zero-order valence-electron chi connectivity index (χ0n) is 9.60. The molecule has 0 spiro atoms. The summed E-state index contributed by atoms with van der Waals surface area (Å²) >= 11 is 0. The van der Waals surface area contributed by atoms with Gasteiger partial charge in [-0.3, -0.25) is 4.79 Å². The lowest BCUT2D eigenvalue weighted by Gasteiger charge is -1.95. The Kier molecular flexibility index (Phi) is 3.37. The van der Waals surface area contributed by atoms with Gasteiger partial charge in [0.2, 0.25) is 5.78 Å². The summed E-state index contributed by atoms with van der Waals surface area (Å²) < 4.78 is 0.